The summed E-state index contributed by atoms with van der Waals surface area (Å²) in [5.41, 5.74) is 2.52. The van der Waals surface area contributed by atoms with Crippen molar-refractivity contribution in [3.05, 3.63) is 60.5 Å². The van der Waals surface area contributed by atoms with Crippen molar-refractivity contribution < 1.29 is 8.81 Å². The van der Waals surface area contributed by atoms with Gasteiger partial charge in [-0.25, -0.2) is 4.39 Å². The monoisotopic (exact) mass is 294 g/mol. The Balaban J connectivity index is 1.65. The highest BCUT2D eigenvalue weighted by Crippen LogP contribution is 2.28. The number of hydrogen-bond donors (Lipinski definition) is 2. The van der Waals surface area contributed by atoms with Crippen molar-refractivity contribution in [2.75, 3.05) is 5.32 Å². The molecule has 0 unspecified atom stereocenters. The lowest BCUT2D eigenvalue weighted by atomic mass is 10.2. The zero-order valence-electron chi connectivity index (χ0n) is 11.4. The van der Waals surface area contributed by atoms with Gasteiger partial charge in [-0.05, 0) is 30.3 Å². The van der Waals surface area contributed by atoms with Gasteiger partial charge in [0.05, 0.1) is 5.56 Å². The quantitative estimate of drug-likeness (QED) is 0.597. The smallest absolute Gasteiger partial charge is 0.320 e. The zero-order valence-corrected chi connectivity index (χ0v) is 11.4. The first-order valence-corrected chi connectivity index (χ1v) is 6.72. The second-order valence-electron chi connectivity index (χ2n) is 4.79. The average molecular weight is 294 g/mol. The molecular formula is C16H11FN4O. The van der Waals surface area contributed by atoms with Crippen molar-refractivity contribution >= 4 is 22.6 Å². The van der Waals surface area contributed by atoms with Crippen molar-refractivity contribution in [1.29, 1.82) is 0 Å². The highest BCUT2D eigenvalue weighted by atomic mass is 19.1. The molecule has 0 aliphatic rings. The molecule has 22 heavy (non-hydrogen) atoms. The number of anilines is 2. The lowest BCUT2D eigenvalue weighted by molar-refractivity contribution is 0.588. The second kappa shape index (κ2) is 5.00. The van der Waals surface area contributed by atoms with Crippen LogP contribution >= 0.6 is 0 Å². The molecule has 0 amide bonds. The normalized spacial score (nSPS) is 11.0. The Morgan fingerprint density at radius 2 is 1.82 bits per heavy atom. The van der Waals surface area contributed by atoms with Gasteiger partial charge in [0.2, 0.25) is 0 Å². The van der Waals surface area contributed by atoms with Gasteiger partial charge >= 0.3 is 6.01 Å². The molecule has 0 saturated carbocycles. The third-order valence-corrected chi connectivity index (χ3v) is 3.34. The van der Waals surface area contributed by atoms with Crippen molar-refractivity contribution in [1.82, 2.24) is 15.2 Å². The van der Waals surface area contributed by atoms with Crippen molar-refractivity contribution in [3.63, 3.8) is 0 Å². The second-order valence-corrected chi connectivity index (χ2v) is 4.79. The Hall–Kier alpha value is -3.15. The van der Waals surface area contributed by atoms with Gasteiger partial charge in [0, 0.05) is 22.8 Å². The maximum atomic E-state index is 12.9. The predicted octanol–water partition coefficient (Wildman–Crippen LogP) is 4.10. The minimum atomic E-state index is -0.296. The van der Waals surface area contributed by atoms with E-state index in [2.05, 4.69) is 20.5 Å². The van der Waals surface area contributed by atoms with Crippen LogP contribution in [0.3, 0.4) is 0 Å². The molecule has 2 N–H and O–H groups in total. The van der Waals surface area contributed by atoms with Gasteiger partial charge in [-0.15, -0.1) is 5.10 Å². The molecule has 0 aliphatic carbocycles. The first-order valence-electron chi connectivity index (χ1n) is 6.72. The third-order valence-electron chi connectivity index (χ3n) is 3.34. The average Bonchev–Trinajstić information content (AvgIpc) is 3.16. The summed E-state index contributed by atoms with van der Waals surface area (Å²) >= 11 is 0. The summed E-state index contributed by atoms with van der Waals surface area (Å²) < 4.78 is 18.5. The molecule has 6 heteroatoms. The molecule has 4 rings (SSSR count). The van der Waals surface area contributed by atoms with E-state index < -0.39 is 0 Å². The zero-order chi connectivity index (χ0) is 14.9. The van der Waals surface area contributed by atoms with Gasteiger partial charge in [-0.3, -0.25) is 0 Å². The summed E-state index contributed by atoms with van der Waals surface area (Å²) in [6.45, 7) is 0. The van der Waals surface area contributed by atoms with E-state index in [0.717, 1.165) is 16.5 Å². The van der Waals surface area contributed by atoms with Crippen LogP contribution in [-0.2, 0) is 0 Å². The van der Waals surface area contributed by atoms with Crippen LogP contribution in [0.1, 0.15) is 0 Å². The molecule has 2 aromatic carbocycles. The molecule has 0 fully saturated rings. The van der Waals surface area contributed by atoms with Crippen LogP contribution in [0.5, 0.6) is 0 Å². The first kappa shape index (κ1) is 12.6. The summed E-state index contributed by atoms with van der Waals surface area (Å²) in [5, 5.41) is 12.0. The van der Waals surface area contributed by atoms with Crippen molar-refractivity contribution in [3.8, 4) is 11.5 Å². The van der Waals surface area contributed by atoms with E-state index in [1.807, 2.05) is 30.5 Å². The minimum absolute atomic E-state index is 0.256. The summed E-state index contributed by atoms with van der Waals surface area (Å²) in [5.74, 6) is 0.123. The van der Waals surface area contributed by atoms with E-state index in [-0.39, 0.29) is 11.8 Å². The largest absolute Gasteiger partial charge is 0.403 e. The van der Waals surface area contributed by atoms with Crippen LogP contribution in [0, 0.1) is 5.82 Å². The first-order chi connectivity index (χ1) is 10.8. The van der Waals surface area contributed by atoms with Crippen molar-refractivity contribution in [2.45, 2.75) is 0 Å². The molecule has 0 radical (unpaired) electrons. The van der Waals surface area contributed by atoms with Crippen LogP contribution in [0.25, 0.3) is 22.4 Å². The van der Waals surface area contributed by atoms with Gasteiger partial charge in [0.15, 0.2) is 0 Å². The maximum Gasteiger partial charge on any atom is 0.320 e. The van der Waals surface area contributed by atoms with E-state index in [1.54, 1.807) is 12.1 Å². The van der Waals surface area contributed by atoms with Crippen LogP contribution < -0.4 is 5.32 Å². The van der Waals surface area contributed by atoms with E-state index in [9.17, 15) is 4.39 Å². The fraction of sp³-hybridized carbons (Fsp3) is 0. The topological polar surface area (TPSA) is 66.7 Å². The van der Waals surface area contributed by atoms with E-state index in [0.29, 0.717) is 11.6 Å². The van der Waals surface area contributed by atoms with Crippen molar-refractivity contribution in [2.24, 2.45) is 0 Å². The summed E-state index contributed by atoms with van der Waals surface area (Å²) in [7, 11) is 0. The molecule has 0 aliphatic heterocycles. The number of para-hydroxylation sites is 1. The van der Waals surface area contributed by atoms with E-state index in [1.165, 1.54) is 12.1 Å². The molecule has 0 saturated heterocycles. The highest BCUT2D eigenvalue weighted by Gasteiger charge is 2.13. The predicted molar refractivity (Wildman–Crippen MR) is 81.3 cm³/mol. The molecule has 0 atom stereocenters. The highest BCUT2D eigenvalue weighted by molar-refractivity contribution is 5.93. The molecule has 0 bridgehead atoms. The molecule has 5 nitrogen and oxygen atoms in total. The Bertz CT molecular complexity index is 927. The number of halogens is 1. The standard InChI is InChI=1S/C16H11FN4O/c17-10-5-7-11(8-6-10)19-16-21-20-15(22-16)13-9-18-14-4-2-1-3-12(13)14/h1-9,18H,(H,19,21). The molecule has 4 aromatic rings. The lowest BCUT2D eigenvalue weighted by Crippen LogP contribution is -1.90. The van der Waals surface area contributed by atoms with Crippen LogP contribution in [0.2, 0.25) is 0 Å². The number of aromatic amines is 1. The fourth-order valence-electron chi connectivity index (χ4n) is 2.29. The molecular weight excluding hydrogens is 283 g/mol. The number of fused-ring (bicyclic) bond motifs is 1. The third kappa shape index (κ3) is 2.20. The number of hydrogen-bond acceptors (Lipinski definition) is 4. The SMILES string of the molecule is Fc1ccc(Nc2nnc(-c3c[nH]c4ccccc34)o2)cc1. The fourth-order valence-corrected chi connectivity index (χ4v) is 2.29. The van der Waals surface area contributed by atoms with Gasteiger partial charge in [0.1, 0.15) is 5.82 Å². The van der Waals surface area contributed by atoms with E-state index >= 15 is 0 Å². The van der Waals surface area contributed by atoms with Gasteiger partial charge < -0.3 is 14.7 Å². The minimum Gasteiger partial charge on any atom is -0.403 e. The number of aromatic nitrogens is 3. The Labute approximate surface area is 124 Å². The van der Waals surface area contributed by atoms with Gasteiger partial charge in [0.25, 0.3) is 5.89 Å². The van der Waals surface area contributed by atoms with Crippen LogP contribution in [-0.4, -0.2) is 15.2 Å². The van der Waals surface area contributed by atoms with Crippen LogP contribution in [0.15, 0.2) is 59.1 Å². The van der Waals surface area contributed by atoms with Crippen LogP contribution in [0.4, 0.5) is 16.1 Å². The molecule has 2 aromatic heterocycles. The number of H-pyrrole nitrogens is 1. The Morgan fingerprint density at radius 3 is 2.68 bits per heavy atom. The number of nitrogens with zero attached hydrogens (tertiary/aromatic N) is 2. The summed E-state index contributed by atoms with van der Waals surface area (Å²) in [6.07, 6.45) is 1.83. The molecule has 0 spiro atoms. The number of benzene rings is 2. The number of nitrogens with one attached hydrogen (secondary N) is 2. The molecule has 2 heterocycles. The van der Waals surface area contributed by atoms with Gasteiger partial charge in [-0.2, -0.15) is 0 Å². The summed E-state index contributed by atoms with van der Waals surface area (Å²) in [4.78, 5) is 3.16. The van der Waals surface area contributed by atoms with E-state index in [4.69, 9.17) is 4.42 Å². The van der Waals surface area contributed by atoms with Gasteiger partial charge in [-0.1, -0.05) is 23.3 Å². The Kier molecular flexibility index (Phi) is 2.86. The number of rotatable bonds is 3. The Morgan fingerprint density at radius 1 is 1.00 bits per heavy atom. The summed E-state index contributed by atoms with van der Waals surface area (Å²) in [6, 6.07) is 14.1. The lowest BCUT2D eigenvalue weighted by Gasteiger charge is -1.99. The molecule has 108 valence electrons. The maximum absolute atomic E-state index is 12.9.